The number of fused-ring (bicyclic) bond motifs is 1. The number of hydrogen-bond donors (Lipinski definition) is 2. The molecule has 3 aromatic rings. The summed E-state index contributed by atoms with van der Waals surface area (Å²) >= 11 is 6.22. The largest absolute Gasteiger partial charge is 0.319 e. The van der Waals surface area contributed by atoms with Crippen molar-refractivity contribution in [2.24, 2.45) is 11.1 Å². The molecular weight excluding hydrogens is 432 g/mol. The fourth-order valence-corrected chi connectivity index (χ4v) is 5.21. The summed E-state index contributed by atoms with van der Waals surface area (Å²) in [5, 5.41) is 13.4. The minimum Gasteiger partial charge on any atom is -0.319 e. The molecule has 0 amide bonds. The van der Waals surface area contributed by atoms with E-state index in [0.717, 1.165) is 30.8 Å². The van der Waals surface area contributed by atoms with Crippen molar-refractivity contribution in [3.05, 3.63) is 82.1 Å². The summed E-state index contributed by atoms with van der Waals surface area (Å²) in [6.45, 7) is 1.56. The van der Waals surface area contributed by atoms with Crippen molar-refractivity contribution >= 4 is 21.6 Å². The summed E-state index contributed by atoms with van der Waals surface area (Å²) in [5.74, 6) is 0.970. The standard InChI is InChI=1S/C23H27ClN4O2S/c1-26-13-19-12-18-6-5-16(7-8-28-15-21(14-27-28)31(25,29)30)10-22(18)23(19)11-17-3-2-4-20(24)9-17/h2-6,9-10,14-15,19,23,26H,7-8,11-13H2,1H3,(H2,25,29,30). The lowest BCUT2D eigenvalue weighted by Gasteiger charge is -2.21. The Hall–Kier alpha value is -2.19. The van der Waals surface area contributed by atoms with E-state index in [1.807, 2.05) is 19.2 Å². The van der Waals surface area contributed by atoms with E-state index >= 15 is 0 Å². The number of hydrogen-bond acceptors (Lipinski definition) is 4. The van der Waals surface area contributed by atoms with E-state index in [-0.39, 0.29) is 4.90 Å². The van der Waals surface area contributed by atoms with Crippen LogP contribution < -0.4 is 10.5 Å². The first-order chi connectivity index (χ1) is 14.8. The van der Waals surface area contributed by atoms with E-state index in [2.05, 4.69) is 40.7 Å². The molecule has 0 bridgehead atoms. The van der Waals surface area contributed by atoms with E-state index in [1.54, 1.807) is 4.68 Å². The molecular formula is C23H27ClN4O2S. The van der Waals surface area contributed by atoms with Gasteiger partial charge in [0.15, 0.2) is 0 Å². The smallest absolute Gasteiger partial charge is 0.241 e. The highest BCUT2D eigenvalue weighted by Gasteiger charge is 2.32. The molecule has 3 N–H and O–H groups in total. The van der Waals surface area contributed by atoms with Gasteiger partial charge < -0.3 is 5.32 Å². The van der Waals surface area contributed by atoms with Crippen LogP contribution >= 0.6 is 11.6 Å². The van der Waals surface area contributed by atoms with Crippen LogP contribution in [0.5, 0.6) is 0 Å². The van der Waals surface area contributed by atoms with Crippen LogP contribution in [0.25, 0.3) is 0 Å². The monoisotopic (exact) mass is 458 g/mol. The number of nitrogens with one attached hydrogen (secondary N) is 1. The van der Waals surface area contributed by atoms with Gasteiger partial charge in [-0.2, -0.15) is 5.10 Å². The second-order valence-corrected chi connectivity index (χ2v) is 10.2. The van der Waals surface area contributed by atoms with Crippen LogP contribution in [-0.4, -0.2) is 31.8 Å². The second kappa shape index (κ2) is 9.12. The Bertz CT molecular complexity index is 1180. The highest BCUT2D eigenvalue weighted by atomic mass is 35.5. The molecule has 0 saturated heterocycles. The third-order valence-electron chi connectivity index (χ3n) is 6.04. The van der Waals surface area contributed by atoms with E-state index in [1.165, 1.54) is 34.6 Å². The third-order valence-corrected chi connectivity index (χ3v) is 7.14. The number of nitrogens with two attached hydrogens (primary N) is 1. The van der Waals surface area contributed by atoms with Crippen molar-refractivity contribution in [3.8, 4) is 0 Å². The van der Waals surface area contributed by atoms with E-state index < -0.39 is 10.0 Å². The number of primary sulfonamides is 1. The normalized spacial score (nSPS) is 18.3. The molecule has 0 fully saturated rings. The van der Waals surface area contributed by atoms with Crippen LogP contribution in [0.3, 0.4) is 0 Å². The van der Waals surface area contributed by atoms with Crippen LogP contribution in [0.15, 0.2) is 59.8 Å². The zero-order valence-corrected chi connectivity index (χ0v) is 19.0. The molecule has 0 saturated carbocycles. The molecule has 0 radical (unpaired) electrons. The van der Waals surface area contributed by atoms with E-state index in [4.69, 9.17) is 16.7 Å². The lowest BCUT2D eigenvalue weighted by molar-refractivity contribution is 0.436. The Morgan fingerprint density at radius 1 is 1.23 bits per heavy atom. The lowest BCUT2D eigenvalue weighted by Crippen LogP contribution is -2.23. The topological polar surface area (TPSA) is 90.0 Å². The summed E-state index contributed by atoms with van der Waals surface area (Å²) in [5.41, 5.74) is 5.28. The van der Waals surface area contributed by atoms with Crippen LogP contribution in [0.4, 0.5) is 0 Å². The average molecular weight is 459 g/mol. The van der Waals surface area contributed by atoms with Crippen molar-refractivity contribution in [2.75, 3.05) is 13.6 Å². The van der Waals surface area contributed by atoms with E-state index in [9.17, 15) is 8.42 Å². The fourth-order valence-electron chi connectivity index (χ4n) is 4.54. The summed E-state index contributed by atoms with van der Waals surface area (Å²) in [7, 11) is -1.72. The quantitative estimate of drug-likeness (QED) is 0.542. The molecule has 2 atom stereocenters. The molecule has 0 aliphatic heterocycles. The SMILES string of the molecule is CNCC1Cc2ccc(CCn3cc(S(N)(=O)=O)cn3)cc2C1Cc1cccc(Cl)c1. The Kier molecular flexibility index (Phi) is 6.48. The van der Waals surface area contributed by atoms with Gasteiger partial charge in [0.05, 0.1) is 6.20 Å². The predicted octanol–water partition coefficient (Wildman–Crippen LogP) is 3.14. The minimum atomic E-state index is -3.72. The third kappa shape index (κ3) is 5.18. The molecule has 4 rings (SSSR count). The minimum absolute atomic E-state index is 0.0398. The number of sulfonamides is 1. The predicted molar refractivity (Wildman–Crippen MR) is 123 cm³/mol. The van der Waals surface area contributed by atoms with Crippen LogP contribution in [0.1, 0.15) is 28.2 Å². The van der Waals surface area contributed by atoms with Crippen molar-refractivity contribution in [1.29, 1.82) is 0 Å². The molecule has 1 aromatic heterocycles. The first-order valence-corrected chi connectivity index (χ1v) is 12.3. The molecule has 6 nitrogen and oxygen atoms in total. The maximum absolute atomic E-state index is 11.5. The van der Waals surface area contributed by atoms with Gasteiger partial charge in [-0.25, -0.2) is 13.6 Å². The highest BCUT2D eigenvalue weighted by molar-refractivity contribution is 7.89. The molecule has 0 spiro atoms. The lowest BCUT2D eigenvalue weighted by atomic mass is 9.86. The van der Waals surface area contributed by atoms with Gasteiger partial charge >= 0.3 is 0 Å². The Morgan fingerprint density at radius 2 is 2.06 bits per heavy atom. The molecule has 1 aliphatic carbocycles. The van der Waals surface area contributed by atoms with Crippen LogP contribution in [0.2, 0.25) is 5.02 Å². The van der Waals surface area contributed by atoms with Gasteiger partial charge in [-0.05, 0) is 79.1 Å². The number of aromatic nitrogens is 2. The first kappa shape index (κ1) is 22.0. The second-order valence-electron chi connectivity index (χ2n) is 8.23. The zero-order valence-electron chi connectivity index (χ0n) is 17.5. The average Bonchev–Trinajstić information content (AvgIpc) is 3.32. The van der Waals surface area contributed by atoms with Gasteiger partial charge in [0.1, 0.15) is 4.90 Å². The van der Waals surface area contributed by atoms with Crippen molar-refractivity contribution in [3.63, 3.8) is 0 Å². The Morgan fingerprint density at radius 3 is 2.77 bits per heavy atom. The number of benzene rings is 2. The summed E-state index contributed by atoms with van der Waals surface area (Å²) < 4.78 is 24.5. The maximum Gasteiger partial charge on any atom is 0.241 e. The zero-order chi connectivity index (χ0) is 22.0. The molecule has 2 unspecified atom stereocenters. The fraction of sp³-hybridized carbons (Fsp3) is 0.348. The van der Waals surface area contributed by atoms with Gasteiger partial charge in [0.2, 0.25) is 10.0 Å². The molecule has 8 heteroatoms. The van der Waals surface area contributed by atoms with Gasteiger partial charge in [0, 0.05) is 17.8 Å². The maximum atomic E-state index is 11.5. The van der Waals surface area contributed by atoms with Gasteiger partial charge in [-0.3, -0.25) is 4.68 Å². The summed E-state index contributed by atoms with van der Waals surface area (Å²) in [6, 6.07) is 14.8. The molecule has 1 aliphatic rings. The van der Waals surface area contributed by atoms with E-state index in [0.29, 0.717) is 18.4 Å². The molecule has 2 aromatic carbocycles. The number of halogens is 1. The Balaban J connectivity index is 1.53. The number of rotatable bonds is 8. The molecule has 1 heterocycles. The summed E-state index contributed by atoms with van der Waals surface area (Å²) in [6.07, 6.45) is 5.56. The van der Waals surface area contributed by atoms with Crippen molar-refractivity contribution in [2.45, 2.75) is 36.6 Å². The highest BCUT2D eigenvalue weighted by Crippen LogP contribution is 2.40. The number of aryl methyl sites for hydroxylation is 2. The molecule has 164 valence electrons. The van der Waals surface area contributed by atoms with Gasteiger partial charge in [-0.15, -0.1) is 0 Å². The van der Waals surface area contributed by atoms with Crippen LogP contribution in [-0.2, 0) is 35.8 Å². The van der Waals surface area contributed by atoms with Crippen molar-refractivity contribution in [1.82, 2.24) is 15.1 Å². The van der Waals surface area contributed by atoms with Crippen molar-refractivity contribution < 1.29 is 8.42 Å². The molecule has 31 heavy (non-hydrogen) atoms. The first-order valence-electron chi connectivity index (χ1n) is 10.4. The van der Waals surface area contributed by atoms with Crippen LogP contribution in [0, 0.1) is 5.92 Å². The number of nitrogens with zero attached hydrogens (tertiary/aromatic N) is 2. The summed E-state index contributed by atoms with van der Waals surface area (Å²) in [4.78, 5) is 0.0398. The van der Waals surface area contributed by atoms with Gasteiger partial charge in [-0.1, -0.05) is 41.9 Å². The Labute approximate surface area is 188 Å². The van der Waals surface area contributed by atoms with Gasteiger partial charge in [0.25, 0.3) is 0 Å².